The van der Waals surface area contributed by atoms with Crippen LogP contribution in [0.1, 0.15) is 20.9 Å². The average molecular weight is 443 g/mol. The van der Waals surface area contributed by atoms with Crippen molar-refractivity contribution >= 4 is 38.9 Å². The van der Waals surface area contributed by atoms with E-state index in [2.05, 4.69) is 10.1 Å². The van der Waals surface area contributed by atoms with E-state index in [1.54, 1.807) is 43.6 Å². The first kappa shape index (κ1) is 18.9. The van der Waals surface area contributed by atoms with E-state index in [0.29, 0.717) is 27.2 Å². The minimum absolute atomic E-state index is 0.197. The second kappa shape index (κ2) is 6.83. The second-order valence-electron chi connectivity index (χ2n) is 7.81. The third kappa shape index (κ3) is 2.64. The first-order valence-corrected chi connectivity index (χ1v) is 11.0. The molecule has 4 heterocycles. The predicted octanol–water partition coefficient (Wildman–Crippen LogP) is 3.08. The van der Waals surface area contributed by atoms with Gasteiger partial charge in [-0.3, -0.25) is 23.6 Å². The van der Waals surface area contributed by atoms with E-state index < -0.39 is 0 Å². The number of thiazole rings is 1. The Labute approximate surface area is 186 Å². The number of fused-ring (bicyclic) bond motifs is 5. The fourth-order valence-electron chi connectivity index (χ4n) is 4.26. The summed E-state index contributed by atoms with van der Waals surface area (Å²) in [7, 11) is 3.64. The van der Waals surface area contributed by atoms with Crippen LogP contribution in [0.3, 0.4) is 0 Å². The third-order valence-electron chi connectivity index (χ3n) is 5.96. The van der Waals surface area contributed by atoms with E-state index in [-0.39, 0.29) is 11.5 Å². The van der Waals surface area contributed by atoms with E-state index >= 15 is 0 Å². The number of carbonyl (C=O) groups is 1. The summed E-state index contributed by atoms with van der Waals surface area (Å²) in [6.45, 7) is 0. The molecule has 0 saturated carbocycles. The topological polar surface area (TPSA) is 85.4 Å². The van der Waals surface area contributed by atoms with E-state index in [9.17, 15) is 9.59 Å². The lowest BCUT2D eigenvalue weighted by Gasteiger charge is -2.15. The van der Waals surface area contributed by atoms with Crippen LogP contribution in [0.25, 0.3) is 27.8 Å². The summed E-state index contributed by atoms with van der Waals surface area (Å²) >= 11 is 1.52. The third-order valence-corrected chi connectivity index (χ3v) is 7.15. The molecule has 0 fully saturated rings. The molecule has 4 aromatic heterocycles. The van der Waals surface area contributed by atoms with Crippen molar-refractivity contribution in [2.45, 2.75) is 12.8 Å². The van der Waals surface area contributed by atoms with Gasteiger partial charge in [0, 0.05) is 36.4 Å². The van der Waals surface area contributed by atoms with Gasteiger partial charge in [0.25, 0.3) is 11.5 Å². The zero-order valence-electron chi connectivity index (χ0n) is 17.4. The van der Waals surface area contributed by atoms with Crippen LogP contribution in [-0.2, 0) is 19.9 Å². The van der Waals surface area contributed by atoms with Gasteiger partial charge in [0.2, 0.25) is 0 Å². The monoisotopic (exact) mass is 442 g/mol. The molecule has 0 spiro atoms. The van der Waals surface area contributed by atoms with Crippen molar-refractivity contribution in [3.8, 4) is 11.3 Å². The summed E-state index contributed by atoms with van der Waals surface area (Å²) in [6.07, 6.45) is 5.25. The van der Waals surface area contributed by atoms with Crippen LogP contribution < -0.4 is 10.5 Å². The van der Waals surface area contributed by atoms with Crippen LogP contribution in [0.15, 0.2) is 53.6 Å². The molecule has 32 heavy (non-hydrogen) atoms. The summed E-state index contributed by atoms with van der Waals surface area (Å²) < 4.78 is 3.31. The van der Waals surface area contributed by atoms with Crippen LogP contribution in [0.5, 0.6) is 0 Å². The number of nitrogens with zero attached hydrogens (tertiary/aromatic N) is 6. The molecular weight excluding hydrogens is 424 g/mol. The maximum atomic E-state index is 13.5. The molecule has 0 saturated heterocycles. The summed E-state index contributed by atoms with van der Waals surface area (Å²) in [6, 6.07) is 10.5. The minimum Gasteiger partial charge on any atom is -0.287 e. The second-order valence-corrected chi connectivity index (χ2v) is 8.87. The molecule has 0 radical (unpaired) electrons. The number of hydrogen-bond donors (Lipinski definition) is 0. The van der Waals surface area contributed by atoms with Crippen molar-refractivity contribution in [2.24, 2.45) is 7.05 Å². The fraction of sp³-hybridized carbons (Fsp3) is 0.174. The first-order valence-electron chi connectivity index (χ1n) is 10.2. The molecule has 158 valence electrons. The number of aryl methyl sites for hydroxylation is 2. The van der Waals surface area contributed by atoms with Crippen LogP contribution in [0, 0.1) is 0 Å². The number of anilines is 1. The Hall–Kier alpha value is -3.85. The fourth-order valence-corrected chi connectivity index (χ4v) is 5.29. The molecule has 0 unspecified atom stereocenters. The van der Waals surface area contributed by atoms with Gasteiger partial charge in [0.15, 0.2) is 10.8 Å². The molecule has 5 aromatic rings. The van der Waals surface area contributed by atoms with Gasteiger partial charge in [-0.05, 0) is 37.1 Å². The van der Waals surface area contributed by atoms with E-state index in [4.69, 9.17) is 4.98 Å². The molecule has 1 aliphatic carbocycles. The molecule has 1 amide bonds. The van der Waals surface area contributed by atoms with Gasteiger partial charge < -0.3 is 0 Å². The SMILES string of the molecule is CN(C(=O)c1cccn2c(=O)c3ccccc3nc12)c1nc2c(s1)CCc1c-2cnn1C. The maximum absolute atomic E-state index is 13.5. The van der Waals surface area contributed by atoms with E-state index in [0.717, 1.165) is 34.7 Å². The molecule has 1 aliphatic rings. The maximum Gasteiger partial charge on any atom is 0.265 e. The Morgan fingerprint density at radius 1 is 1.12 bits per heavy atom. The molecular formula is C23H18N6O2S. The van der Waals surface area contributed by atoms with Gasteiger partial charge in [-0.25, -0.2) is 9.97 Å². The minimum atomic E-state index is -0.261. The quantitative estimate of drug-likeness (QED) is 0.392. The number of amides is 1. The smallest absolute Gasteiger partial charge is 0.265 e. The Bertz CT molecular complexity index is 1610. The number of aromatic nitrogens is 5. The van der Waals surface area contributed by atoms with Crippen LogP contribution in [0.2, 0.25) is 0 Å². The molecule has 1 aromatic carbocycles. The molecule has 0 atom stereocenters. The highest BCUT2D eigenvalue weighted by Crippen LogP contribution is 2.39. The van der Waals surface area contributed by atoms with Crippen molar-refractivity contribution in [3.63, 3.8) is 0 Å². The van der Waals surface area contributed by atoms with Crippen molar-refractivity contribution in [1.82, 2.24) is 24.1 Å². The molecule has 0 N–H and O–H groups in total. The standard InChI is InChI=1S/C23H18N6O2S/c1-27(23-26-19-15-12-24-28(2)17(15)9-10-18(19)32-23)21(30)14-7-5-11-29-20(14)25-16-8-4-3-6-13(16)22(29)31/h3-8,11-12H,9-10H2,1-2H3. The lowest BCUT2D eigenvalue weighted by Crippen LogP contribution is -2.28. The summed E-state index contributed by atoms with van der Waals surface area (Å²) in [5.41, 5.74) is 4.15. The highest BCUT2D eigenvalue weighted by molar-refractivity contribution is 7.16. The lowest BCUT2D eigenvalue weighted by molar-refractivity contribution is 0.0994. The molecule has 8 nitrogen and oxygen atoms in total. The summed E-state index contributed by atoms with van der Waals surface area (Å²) in [5, 5.41) is 5.49. The number of benzene rings is 1. The Balaban J connectivity index is 1.45. The number of para-hydroxylation sites is 1. The number of rotatable bonds is 2. The van der Waals surface area contributed by atoms with Gasteiger partial charge in [0.1, 0.15) is 0 Å². The summed E-state index contributed by atoms with van der Waals surface area (Å²) in [5.74, 6) is -0.261. The van der Waals surface area contributed by atoms with Crippen LogP contribution in [0.4, 0.5) is 5.13 Å². The molecule has 9 heteroatoms. The number of pyridine rings is 1. The van der Waals surface area contributed by atoms with Crippen molar-refractivity contribution in [2.75, 3.05) is 11.9 Å². The van der Waals surface area contributed by atoms with Crippen LogP contribution in [-0.4, -0.2) is 37.1 Å². The number of hydrogen-bond acceptors (Lipinski definition) is 6. The highest BCUT2D eigenvalue weighted by atomic mass is 32.1. The van der Waals surface area contributed by atoms with E-state index in [1.807, 2.05) is 24.0 Å². The number of carbonyl (C=O) groups excluding carboxylic acids is 1. The van der Waals surface area contributed by atoms with Gasteiger partial charge in [-0.15, -0.1) is 11.3 Å². The van der Waals surface area contributed by atoms with Crippen molar-refractivity contribution < 1.29 is 4.79 Å². The Morgan fingerprint density at radius 3 is 2.84 bits per heavy atom. The van der Waals surface area contributed by atoms with Crippen molar-refractivity contribution in [1.29, 1.82) is 0 Å². The van der Waals surface area contributed by atoms with E-state index in [1.165, 1.54) is 20.6 Å². The Morgan fingerprint density at radius 2 is 1.97 bits per heavy atom. The summed E-state index contributed by atoms with van der Waals surface area (Å²) in [4.78, 5) is 38.5. The van der Waals surface area contributed by atoms with Gasteiger partial charge in [-0.2, -0.15) is 5.10 Å². The molecule has 0 bridgehead atoms. The zero-order chi connectivity index (χ0) is 22.0. The average Bonchev–Trinajstić information content (AvgIpc) is 3.41. The zero-order valence-corrected chi connectivity index (χ0v) is 18.3. The Kier molecular flexibility index (Phi) is 4.03. The molecule has 6 rings (SSSR count). The molecule has 0 aliphatic heterocycles. The lowest BCUT2D eigenvalue weighted by atomic mass is 10.0. The largest absolute Gasteiger partial charge is 0.287 e. The first-order chi connectivity index (χ1) is 15.5. The normalized spacial score (nSPS) is 12.7. The highest BCUT2D eigenvalue weighted by Gasteiger charge is 2.27. The van der Waals surface area contributed by atoms with Crippen LogP contribution >= 0.6 is 11.3 Å². The van der Waals surface area contributed by atoms with Gasteiger partial charge >= 0.3 is 0 Å². The van der Waals surface area contributed by atoms with Gasteiger partial charge in [-0.1, -0.05) is 12.1 Å². The van der Waals surface area contributed by atoms with Gasteiger partial charge in [0.05, 0.1) is 28.4 Å². The predicted molar refractivity (Wildman–Crippen MR) is 123 cm³/mol. The van der Waals surface area contributed by atoms with Crippen molar-refractivity contribution in [3.05, 3.63) is 75.3 Å².